The van der Waals surface area contributed by atoms with Crippen LogP contribution >= 0.6 is 0 Å². The Bertz CT molecular complexity index is 336. The van der Waals surface area contributed by atoms with Crippen LogP contribution in [0, 0.1) is 11.3 Å². The first-order valence-electron chi connectivity index (χ1n) is 3.51. The molecule has 0 saturated carbocycles. The van der Waals surface area contributed by atoms with Crippen molar-refractivity contribution in [2.24, 2.45) is 0 Å². The number of pyridine rings is 1. The summed E-state index contributed by atoms with van der Waals surface area (Å²) in [5.41, 5.74) is 2.16. The van der Waals surface area contributed by atoms with Crippen LogP contribution in [0.4, 0.5) is 5.69 Å². The van der Waals surface area contributed by atoms with Crippen molar-refractivity contribution in [3.05, 3.63) is 30.1 Å². The molecule has 0 spiro atoms. The van der Waals surface area contributed by atoms with Crippen LogP contribution in [0.1, 0.15) is 11.1 Å². The van der Waals surface area contributed by atoms with Gasteiger partial charge in [-0.25, -0.2) is 0 Å². The Morgan fingerprint density at radius 1 is 1.67 bits per heavy atom. The number of anilines is 1. The van der Waals surface area contributed by atoms with Crippen molar-refractivity contribution in [1.82, 2.24) is 4.98 Å². The van der Waals surface area contributed by atoms with E-state index in [0.29, 0.717) is 5.56 Å². The zero-order valence-corrected chi connectivity index (χ0v) is 6.83. The van der Waals surface area contributed by atoms with Crippen LogP contribution in [0.15, 0.2) is 19.0 Å². The second kappa shape index (κ2) is 3.54. The number of hydrogen-bond acceptors (Lipinski definition) is 3. The van der Waals surface area contributed by atoms with E-state index >= 15 is 0 Å². The third-order valence-corrected chi connectivity index (χ3v) is 1.57. The van der Waals surface area contributed by atoms with Gasteiger partial charge in [0.15, 0.2) is 0 Å². The van der Waals surface area contributed by atoms with Crippen LogP contribution in [0.5, 0.6) is 0 Å². The molecule has 0 amide bonds. The zero-order chi connectivity index (χ0) is 8.97. The molecule has 12 heavy (non-hydrogen) atoms. The van der Waals surface area contributed by atoms with Gasteiger partial charge >= 0.3 is 0 Å². The van der Waals surface area contributed by atoms with E-state index < -0.39 is 0 Å². The van der Waals surface area contributed by atoms with Gasteiger partial charge in [-0.05, 0) is 0 Å². The maximum Gasteiger partial charge on any atom is 0.103 e. The Hall–Kier alpha value is -1.82. The summed E-state index contributed by atoms with van der Waals surface area (Å²) in [4.78, 5) is 3.90. The first kappa shape index (κ1) is 8.28. The highest BCUT2D eigenvalue weighted by atomic mass is 14.8. The lowest BCUT2D eigenvalue weighted by Crippen LogP contribution is -1.96. The summed E-state index contributed by atoms with van der Waals surface area (Å²) in [6.07, 6.45) is 4.86. The molecule has 1 rings (SSSR count). The van der Waals surface area contributed by atoms with E-state index in [9.17, 15) is 0 Å². The largest absolute Gasteiger partial charge is 0.386 e. The van der Waals surface area contributed by atoms with Gasteiger partial charge in [-0.3, -0.25) is 4.98 Å². The zero-order valence-electron chi connectivity index (χ0n) is 6.83. The van der Waals surface area contributed by atoms with E-state index in [2.05, 4.69) is 16.9 Å². The Morgan fingerprint density at radius 3 is 2.92 bits per heavy atom. The van der Waals surface area contributed by atoms with E-state index in [0.717, 1.165) is 11.3 Å². The molecule has 0 aromatic carbocycles. The second-order valence-electron chi connectivity index (χ2n) is 2.22. The maximum absolute atomic E-state index is 8.71. The van der Waals surface area contributed by atoms with Crippen LogP contribution in [0.2, 0.25) is 0 Å². The molecule has 0 aliphatic carbocycles. The average molecular weight is 159 g/mol. The first-order chi connectivity index (χ1) is 5.83. The smallest absolute Gasteiger partial charge is 0.103 e. The summed E-state index contributed by atoms with van der Waals surface area (Å²) in [5.74, 6) is 0. The number of nitrogens with one attached hydrogen (secondary N) is 1. The van der Waals surface area contributed by atoms with Crippen LogP contribution in [-0.2, 0) is 0 Å². The van der Waals surface area contributed by atoms with Crippen LogP contribution in [0.25, 0.3) is 6.08 Å². The Morgan fingerprint density at radius 2 is 2.42 bits per heavy atom. The van der Waals surface area contributed by atoms with Crippen molar-refractivity contribution in [3.63, 3.8) is 0 Å². The molecule has 1 aromatic rings. The van der Waals surface area contributed by atoms with Crippen molar-refractivity contribution in [2.75, 3.05) is 12.4 Å². The second-order valence-corrected chi connectivity index (χ2v) is 2.22. The minimum Gasteiger partial charge on any atom is -0.386 e. The van der Waals surface area contributed by atoms with Crippen LogP contribution in [0.3, 0.4) is 0 Å². The topological polar surface area (TPSA) is 48.7 Å². The summed E-state index contributed by atoms with van der Waals surface area (Å²) in [7, 11) is 1.77. The number of hydrogen-bond donors (Lipinski definition) is 1. The molecule has 1 heterocycles. The van der Waals surface area contributed by atoms with E-state index in [4.69, 9.17) is 5.26 Å². The Kier molecular flexibility index (Phi) is 2.44. The summed E-state index contributed by atoms with van der Waals surface area (Å²) in [6.45, 7) is 3.63. The maximum atomic E-state index is 8.71. The molecule has 60 valence electrons. The van der Waals surface area contributed by atoms with Crippen LogP contribution in [-0.4, -0.2) is 12.0 Å². The van der Waals surface area contributed by atoms with Crippen molar-refractivity contribution in [2.45, 2.75) is 0 Å². The lowest BCUT2D eigenvalue weighted by Gasteiger charge is -2.05. The predicted octanol–water partition coefficient (Wildman–Crippen LogP) is 1.64. The lowest BCUT2D eigenvalue weighted by atomic mass is 10.1. The molecule has 0 atom stereocenters. The third-order valence-electron chi connectivity index (χ3n) is 1.57. The van der Waals surface area contributed by atoms with Crippen molar-refractivity contribution in [1.29, 1.82) is 5.26 Å². The number of rotatable bonds is 2. The van der Waals surface area contributed by atoms with E-state index in [1.807, 2.05) is 6.07 Å². The predicted molar refractivity (Wildman–Crippen MR) is 48.6 cm³/mol. The van der Waals surface area contributed by atoms with Gasteiger partial charge in [0.25, 0.3) is 0 Å². The molecular weight excluding hydrogens is 150 g/mol. The number of nitrogens with zero attached hydrogens (tertiary/aromatic N) is 2. The summed E-state index contributed by atoms with van der Waals surface area (Å²) >= 11 is 0. The molecule has 0 aliphatic rings. The molecule has 0 saturated heterocycles. The van der Waals surface area contributed by atoms with Gasteiger partial charge < -0.3 is 5.32 Å². The normalized spacial score (nSPS) is 8.67. The Balaban J connectivity index is 3.34. The van der Waals surface area contributed by atoms with Gasteiger partial charge in [0.05, 0.1) is 11.3 Å². The monoisotopic (exact) mass is 159 g/mol. The van der Waals surface area contributed by atoms with E-state index in [1.165, 1.54) is 6.20 Å². The highest BCUT2D eigenvalue weighted by Crippen LogP contribution is 2.18. The SMILES string of the molecule is C=Cc1cncc(C#N)c1NC. The van der Waals surface area contributed by atoms with Gasteiger partial charge in [-0.1, -0.05) is 12.7 Å². The van der Waals surface area contributed by atoms with Gasteiger partial charge in [-0.2, -0.15) is 5.26 Å². The highest BCUT2D eigenvalue weighted by molar-refractivity contribution is 5.70. The quantitative estimate of drug-likeness (QED) is 0.713. The molecule has 1 N–H and O–H groups in total. The fraction of sp³-hybridized carbons (Fsp3) is 0.111. The Labute approximate surface area is 71.4 Å². The molecule has 1 aromatic heterocycles. The molecule has 0 radical (unpaired) electrons. The molecule has 0 aliphatic heterocycles. The molecule has 0 bridgehead atoms. The minimum atomic E-state index is 0.537. The lowest BCUT2D eigenvalue weighted by molar-refractivity contribution is 1.28. The van der Waals surface area contributed by atoms with Gasteiger partial charge in [-0.15, -0.1) is 0 Å². The molecular formula is C9H9N3. The number of nitriles is 1. The standard InChI is InChI=1S/C9H9N3/c1-3-7-5-12-6-8(4-10)9(7)11-2/h3,5-6H,1H2,2H3,(H,11,12). The number of aromatic nitrogens is 1. The molecule has 0 fully saturated rings. The fourth-order valence-electron chi connectivity index (χ4n) is 0.995. The molecule has 0 unspecified atom stereocenters. The summed E-state index contributed by atoms with van der Waals surface area (Å²) < 4.78 is 0. The van der Waals surface area contributed by atoms with Crippen molar-refractivity contribution >= 4 is 11.8 Å². The average Bonchev–Trinajstić information content (AvgIpc) is 2.16. The first-order valence-corrected chi connectivity index (χ1v) is 3.51. The van der Waals surface area contributed by atoms with Gasteiger partial charge in [0, 0.05) is 25.0 Å². The molecule has 3 heteroatoms. The molecule has 3 nitrogen and oxygen atoms in total. The van der Waals surface area contributed by atoms with Crippen LogP contribution < -0.4 is 5.32 Å². The van der Waals surface area contributed by atoms with Gasteiger partial charge in [0.1, 0.15) is 6.07 Å². The minimum absolute atomic E-state index is 0.537. The highest BCUT2D eigenvalue weighted by Gasteiger charge is 2.03. The van der Waals surface area contributed by atoms with Crippen molar-refractivity contribution < 1.29 is 0 Å². The summed E-state index contributed by atoms with van der Waals surface area (Å²) in [5, 5.41) is 11.6. The van der Waals surface area contributed by atoms with E-state index in [-0.39, 0.29) is 0 Å². The third kappa shape index (κ3) is 1.28. The van der Waals surface area contributed by atoms with E-state index in [1.54, 1.807) is 19.3 Å². The van der Waals surface area contributed by atoms with Crippen molar-refractivity contribution in [3.8, 4) is 6.07 Å². The fourth-order valence-corrected chi connectivity index (χ4v) is 0.995. The van der Waals surface area contributed by atoms with Gasteiger partial charge in [0.2, 0.25) is 0 Å². The summed E-state index contributed by atoms with van der Waals surface area (Å²) in [6, 6.07) is 2.05.